The van der Waals surface area contributed by atoms with E-state index in [0.29, 0.717) is 5.56 Å². The Bertz CT molecular complexity index is 1280. The normalized spacial score (nSPS) is 10.1. The molecular formula is C37H46N2O2. The fourth-order valence-electron chi connectivity index (χ4n) is 4.44. The molecule has 0 spiro atoms. The highest BCUT2D eigenvalue weighted by atomic mass is 16.4. The van der Waals surface area contributed by atoms with Gasteiger partial charge in [-0.05, 0) is 66.3 Å². The van der Waals surface area contributed by atoms with Gasteiger partial charge in [-0.2, -0.15) is 0 Å². The average molecular weight is 551 g/mol. The number of pyridine rings is 1. The molecule has 41 heavy (non-hydrogen) atoms. The van der Waals surface area contributed by atoms with Crippen molar-refractivity contribution in [2.24, 2.45) is 5.92 Å². The summed E-state index contributed by atoms with van der Waals surface area (Å²) >= 11 is 0. The third-order valence-electron chi connectivity index (χ3n) is 6.73. The monoisotopic (exact) mass is 550 g/mol. The molecule has 1 heterocycles. The van der Waals surface area contributed by atoms with Gasteiger partial charge in [0.05, 0.1) is 17.4 Å². The molecule has 0 aliphatic heterocycles. The molecule has 0 saturated carbocycles. The van der Waals surface area contributed by atoms with Crippen molar-refractivity contribution in [3.8, 4) is 0 Å². The average Bonchev–Trinajstić information content (AvgIpc) is 3.00. The van der Waals surface area contributed by atoms with Crippen LogP contribution in [-0.4, -0.2) is 16.1 Å². The number of nitrogens with one attached hydrogen (secondary N) is 1. The van der Waals surface area contributed by atoms with Crippen molar-refractivity contribution in [1.82, 2.24) is 4.98 Å². The molecule has 2 N–H and O–H groups in total. The maximum Gasteiger partial charge on any atom is 0.335 e. The first-order valence-electron chi connectivity index (χ1n) is 14.7. The molecule has 0 aliphatic rings. The quantitative estimate of drug-likeness (QED) is 0.195. The maximum absolute atomic E-state index is 10.2. The number of carbonyl (C=O) groups is 1. The molecule has 4 nitrogen and oxygen atoms in total. The first-order valence-corrected chi connectivity index (χ1v) is 14.7. The van der Waals surface area contributed by atoms with Gasteiger partial charge in [-0.15, -0.1) is 0 Å². The van der Waals surface area contributed by atoms with Crippen LogP contribution >= 0.6 is 0 Å². The van der Waals surface area contributed by atoms with Crippen LogP contribution in [0.15, 0.2) is 110 Å². The smallest absolute Gasteiger partial charge is 0.335 e. The van der Waals surface area contributed by atoms with E-state index in [0.717, 1.165) is 35.0 Å². The molecule has 216 valence electrons. The van der Waals surface area contributed by atoms with Gasteiger partial charge in [-0.1, -0.05) is 126 Å². The Kier molecular flexibility index (Phi) is 15.3. The molecule has 0 aliphatic carbocycles. The minimum absolute atomic E-state index is 0.331. The molecule has 3 aromatic carbocycles. The molecule has 0 radical (unpaired) electrons. The standard InChI is InChI=1S/C21H20N2.C9H20.C7H6O2/c1-16-11-12-21(15-22-16)23-17(2)20-10-6-9-19(14-20)13-18-7-4-3-5-8-18;1-4-7-9(6-3)8-5-2;8-7(9)6-4-2-1-3-5-6/h3-12,14-15,23H,2,13H2,1H3;9H,4-8H2,1-3H3;1-5H,(H,8,9). The fraction of sp³-hybridized carbons (Fsp3) is 0.297. The largest absolute Gasteiger partial charge is 0.478 e. The van der Waals surface area contributed by atoms with Crippen LogP contribution in [0.2, 0.25) is 0 Å². The third-order valence-corrected chi connectivity index (χ3v) is 6.73. The van der Waals surface area contributed by atoms with Crippen LogP contribution in [0.3, 0.4) is 0 Å². The van der Waals surface area contributed by atoms with Crippen molar-refractivity contribution < 1.29 is 9.90 Å². The number of carboxylic acids is 1. The highest BCUT2D eigenvalue weighted by Gasteiger charge is 2.03. The number of rotatable bonds is 11. The second kappa shape index (κ2) is 19.0. The molecule has 1 aromatic heterocycles. The van der Waals surface area contributed by atoms with Gasteiger partial charge >= 0.3 is 5.97 Å². The Morgan fingerprint density at radius 1 is 0.805 bits per heavy atom. The zero-order chi connectivity index (χ0) is 29.9. The number of aromatic nitrogens is 1. The van der Waals surface area contributed by atoms with Crippen molar-refractivity contribution >= 4 is 17.4 Å². The second-order valence-electron chi connectivity index (χ2n) is 10.2. The zero-order valence-corrected chi connectivity index (χ0v) is 25.1. The molecule has 0 amide bonds. The number of nitrogens with zero attached hydrogens (tertiary/aromatic N) is 1. The highest BCUT2D eigenvalue weighted by Crippen LogP contribution is 2.19. The van der Waals surface area contributed by atoms with Crippen molar-refractivity contribution in [2.75, 3.05) is 5.32 Å². The molecular weight excluding hydrogens is 504 g/mol. The van der Waals surface area contributed by atoms with E-state index in [9.17, 15) is 4.79 Å². The Hall–Kier alpha value is -4.18. The first kappa shape index (κ1) is 33.0. The Morgan fingerprint density at radius 2 is 1.39 bits per heavy atom. The van der Waals surface area contributed by atoms with Gasteiger partial charge in [-0.25, -0.2) is 4.79 Å². The van der Waals surface area contributed by atoms with Crippen LogP contribution < -0.4 is 5.32 Å². The van der Waals surface area contributed by atoms with Crippen molar-refractivity contribution in [2.45, 2.75) is 66.2 Å². The van der Waals surface area contributed by atoms with E-state index in [4.69, 9.17) is 5.11 Å². The van der Waals surface area contributed by atoms with Gasteiger partial charge in [0.1, 0.15) is 0 Å². The summed E-state index contributed by atoms with van der Waals surface area (Å²) in [6, 6.07) is 31.3. The third kappa shape index (κ3) is 13.1. The van der Waals surface area contributed by atoms with E-state index in [2.05, 4.69) is 86.2 Å². The van der Waals surface area contributed by atoms with Crippen LogP contribution in [0.25, 0.3) is 5.70 Å². The molecule has 0 atom stereocenters. The van der Waals surface area contributed by atoms with E-state index in [-0.39, 0.29) is 0 Å². The lowest BCUT2D eigenvalue weighted by atomic mass is 9.96. The van der Waals surface area contributed by atoms with Gasteiger partial charge in [0.15, 0.2) is 0 Å². The van der Waals surface area contributed by atoms with Crippen molar-refractivity contribution in [1.29, 1.82) is 0 Å². The van der Waals surface area contributed by atoms with Crippen LogP contribution in [0, 0.1) is 12.8 Å². The first-order chi connectivity index (χ1) is 19.9. The van der Waals surface area contributed by atoms with Crippen LogP contribution in [0.4, 0.5) is 5.69 Å². The van der Waals surface area contributed by atoms with E-state index >= 15 is 0 Å². The molecule has 4 rings (SSSR count). The molecule has 0 saturated heterocycles. The molecule has 0 bridgehead atoms. The number of hydrogen-bond donors (Lipinski definition) is 2. The van der Waals surface area contributed by atoms with E-state index < -0.39 is 5.97 Å². The highest BCUT2D eigenvalue weighted by molar-refractivity contribution is 5.87. The van der Waals surface area contributed by atoms with Gasteiger partial charge in [0, 0.05) is 11.4 Å². The fourth-order valence-corrected chi connectivity index (χ4v) is 4.44. The maximum atomic E-state index is 10.2. The van der Waals surface area contributed by atoms with Gasteiger partial charge in [-0.3, -0.25) is 4.98 Å². The van der Waals surface area contributed by atoms with Crippen molar-refractivity contribution in [3.63, 3.8) is 0 Å². The molecule has 0 unspecified atom stereocenters. The lowest BCUT2D eigenvalue weighted by Crippen LogP contribution is -1.99. The number of aromatic carboxylic acids is 1. The summed E-state index contributed by atoms with van der Waals surface area (Å²) in [6.07, 6.45) is 9.72. The molecule has 0 fully saturated rings. The SMILES string of the molecule is C=C(Nc1ccc(C)nc1)c1cccc(Cc2ccccc2)c1.CCCC(CC)CCC.O=C(O)c1ccccc1. The number of aryl methyl sites for hydroxylation is 1. The summed E-state index contributed by atoms with van der Waals surface area (Å²) in [5, 5.41) is 11.7. The Balaban J connectivity index is 0.000000269. The minimum atomic E-state index is -0.879. The number of carboxylic acid groups (broad SMARTS) is 1. The van der Waals surface area contributed by atoms with Crippen molar-refractivity contribution in [3.05, 3.63) is 138 Å². The topological polar surface area (TPSA) is 62.2 Å². The predicted molar refractivity (Wildman–Crippen MR) is 174 cm³/mol. The predicted octanol–water partition coefficient (Wildman–Crippen LogP) is 10.1. The van der Waals surface area contributed by atoms with Gasteiger partial charge in [0.25, 0.3) is 0 Å². The summed E-state index contributed by atoms with van der Waals surface area (Å²) in [5.41, 5.74) is 6.85. The summed E-state index contributed by atoms with van der Waals surface area (Å²) < 4.78 is 0. The lowest BCUT2D eigenvalue weighted by Gasteiger charge is -2.11. The zero-order valence-electron chi connectivity index (χ0n) is 25.1. The molecule has 4 aromatic rings. The van der Waals surface area contributed by atoms with E-state index in [1.165, 1.54) is 43.2 Å². The number of hydrogen-bond acceptors (Lipinski definition) is 3. The van der Waals surface area contributed by atoms with Gasteiger partial charge < -0.3 is 10.4 Å². The summed E-state index contributed by atoms with van der Waals surface area (Å²) in [5.74, 6) is 0.135. The van der Waals surface area contributed by atoms with Crippen LogP contribution in [0.5, 0.6) is 0 Å². The van der Waals surface area contributed by atoms with Gasteiger partial charge in [0.2, 0.25) is 0 Å². The van der Waals surface area contributed by atoms with Crippen LogP contribution in [0.1, 0.15) is 85.6 Å². The van der Waals surface area contributed by atoms with E-state index in [1.54, 1.807) is 30.3 Å². The molecule has 4 heteroatoms. The van der Waals surface area contributed by atoms with Crippen LogP contribution in [-0.2, 0) is 6.42 Å². The minimum Gasteiger partial charge on any atom is -0.478 e. The summed E-state index contributed by atoms with van der Waals surface area (Å²) in [7, 11) is 0. The summed E-state index contributed by atoms with van der Waals surface area (Å²) in [4.78, 5) is 14.5. The Labute approximate surface area is 247 Å². The second-order valence-corrected chi connectivity index (χ2v) is 10.2. The lowest BCUT2D eigenvalue weighted by molar-refractivity contribution is 0.0697. The number of benzene rings is 3. The number of anilines is 1. The summed E-state index contributed by atoms with van der Waals surface area (Å²) in [6.45, 7) is 13.0. The van der Waals surface area contributed by atoms with E-state index in [1.807, 2.05) is 31.3 Å². The Morgan fingerprint density at radius 3 is 1.90 bits per heavy atom.